The molecule has 0 bridgehead atoms. The van der Waals surface area contributed by atoms with Crippen molar-refractivity contribution in [2.24, 2.45) is 0 Å². The first-order chi connectivity index (χ1) is 14.6. The zero-order valence-electron chi connectivity index (χ0n) is 16.2. The number of aromatic amines is 1. The molecule has 1 aliphatic rings. The van der Waals surface area contributed by atoms with E-state index in [9.17, 15) is 9.59 Å². The number of carbonyl (C=O) groups is 1. The van der Waals surface area contributed by atoms with Crippen LogP contribution in [0.15, 0.2) is 77.6 Å². The van der Waals surface area contributed by atoms with Crippen LogP contribution in [0.3, 0.4) is 0 Å². The second kappa shape index (κ2) is 9.01. The lowest BCUT2D eigenvalue weighted by atomic mass is 9.99. The number of benzene rings is 2. The topological polar surface area (TPSA) is 71.2 Å². The van der Waals surface area contributed by atoms with Crippen LogP contribution in [0.2, 0.25) is 5.02 Å². The molecule has 1 aliphatic heterocycles. The Labute approximate surface area is 179 Å². The Morgan fingerprint density at radius 1 is 1.03 bits per heavy atom. The van der Waals surface area contributed by atoms with Crippen molar-refractivity contribution in [3.63, 3.8) is 0 Å². The molecule has 1 aromatic heterocycles. The van der Waals surface area contributed by atoms with E-state index in [0.717, 1.165) is 28.9 Å². The first-order valence-electron chi connectivity index (χ1n) is 9.76. The van der Waals surface area contributed by atoms with Gasteiger partial charge in [0.25, 0.3) is 5.56 Å². The number of hydrogen-bond donors (Lipinski definition) is 2. The highest BCUT2D eigenvalue weighted by Crippen LogP contribution is 2.26. The molecule has 1 amide bonds. The Kier molecular flexibility index (Phi) is 6.00. The minimum Gasteiger partial charge on any atom is -0.489 e. The molecule has 4 rings (SSSR count). The third-order valence-electron chi connectivity index (χ3n) is 4.96. The predicted molar refractivity (Wildman–Crippen MR) is 118 cm³/mol. The Morgan fingerprint density at radius 3 is 2.47 bits per heavy atom. The second-order valence-corrected chi connectivity index (χ2v) is 7.55. The predicted octanol–water partition coefficient (Wildman–Crippen LogP) is 4.32. The molecule has 0 spiro atoms. The van der Waals surface area contributed by atoms with E-state index in [4.69, 9.17) is 16.3 Å². The van der Waals surface area contributed by atoms with E-state index in [0.29, 0.717) is 18.7 Å². The molecule has 2 aromatic carbocycles. The molecular weight excluding hydrogens is 400 g/mol. The molecule has 1 atom stereocenters. The highest BCUT2D eigenvalue weighted by Gasteiger charge is 2.20. The summed E-state index contributed by atoms with van der Waals surface area (Å²) in [6.07, 6.45) is 3.19. The van der Waals surface area contributed by atoms with Crippen molar-refractivity contribution < 1.29 is 9.53 Å². The molecule has 2 heterocycles. The molecule has 5 nitrogen and oxygen atoms in total. The van der Waals surface area contributed by atoms with Gasteiger partial charge in [0, 0.05) is 23.7 Å². The molecular formula is C24H21ClN2O3. The summed E-state index contributed by atoms with van der Waals surface area (Å²) in [5.41, 5.74) is 3.12. The second-order valence-electron chi connectivity index (χ2n) is 7.14. The van der Waals surface area contributed by atoms with E-state index in [2.05, 4.69) is 10.3 Å². The number of halogens is 1. The molecule has 152 valence electrons. The fraction of sp³-hybridized carbons (Fsp3) is 0.167. The number of nitrogens with one attached hydrogen (secondary N) is 2. The molecule has 1 fully saturated rings. The number of amides is 1. The summed E-state index contributed by atoms with van der Waals surface area (Å²) < 4.78 is 5.86. The van der Waals surface area contributed by atoms with Crippen LogP contribution in [-0.4, -0.2) is 16.9 Å². The van der Waals surface area contributed by atoms with Gasteiger partial charge in [0.15, 0.2) is 0 Å². The lowest BCUT2D eigenvalue weighted by molar-refractivity contribution is -0.119. The molecule has 3 aromatic rings. The Balaban J connectivity index is 1.60. The van der Waals surface area contributed by atoms with Gasteiger partial charge in [0.05, 0.1) is 0 Å². The average molecular weight is 421 g/mol. The smallest absolute Gasteiger partial charge is 0.267 e. The number of aromatic nitrogens is 1. The zero-order valence-corrected chi connectivity index (χ0v) is 17.0. The Morgan fingerprint density at radius 2 is 1.80 bits per heavy atom. The van der Waals surface area contributed by atoms with Gasteiger partial charge in [0.1, 0.15) is 17.4 Å². The van der Waals surface area contributed by atoms with Crippen LogP contribution in [-0.2, 0) is 11.4 Å². The summed E-state index contributed by atoms with van der Waals surface area (Å²) in [5, 5.41) is 3.08. The van der Waals surface area contributed by atoms with E-state index in [1.165, 1.54) is 0 Å². The van der Waals surface area contributed by atoms with E-state index >= 15 is 0 Å². The molecule has 1 saturated heterocycles. The van der Waals surface area contributed by atoms with Crippen LogP contribution < -0.4 is 15.6 Å². The summed E-state index contributed by atoms with van der Waals surface area (Å²) in [5.74, 6) is 0.783. The van der Waals surface area contributed by atoms with Crippen molar-refractivity contribution >= 4 is 23.1 Å². The van der Waals surface area contributed by atoms with Crippen LogP contribution in [0, 0.1) is 0 Å². The molecule has 0 unspecified atom stereocenters. The van der Waals surface area contributed by atoms with Gasteiger partial charge >= 0.3 is 0 Å². The first-order valence-corrected chi connectivity index (χ1v) is 10.1. The van der Waals surface area contributed by atoms with E-state index < -0.39 is 0 Å². The molecule has 2 N–H and O–H groups in total. The SMILES string of the molecule is O=C1CC[C@H](/C=C(/c2ccc(OCc3ccccc3)cc2)c2ccc(Cl)c(=O)[nH]2)N1. The minimum absolute atomic E-state index is 0.0323. The summed E-state index contributed by atoms with van der Waals surface area (Å²) in [4.78, 5) is 26.5. The zero-order chi connectivity index (χ0) is 20.9. The third-order valence-corrected chi connectivity index (χ3v) is 5.26. The number of ether oxygens (including phenoxy) is 1. The van der Waals surface area contributed by atoms with Crippen LogP contribution in [0.5, 0.6) is 5.75 Å². The van der Waals surface area contributed by atoms with Crippen molar-refractivity contribution in [2.75, 3.05) is 0 Å². The lowest BCUT2D eigenvalue weighted by Crippen LogP contribution is -2.23. The monoisotopic (exact) mass is 420 g/mol. The average Bonchev–Trinajstić information content (AvgIpc) is 3.18. The highest BCUT2D eigenvalue weighted by atomic mass is 35.5. The number of rotatable bonds is 6. The molecule has 30 heavy (non-hydrogen) atoms. The first kappa shape index (κ1) is 20.0. The Bertz CT molecular complexity index is 1120. The number of H-pyrrole nitrogens is 1. The summed E-state index contributed by atoms with van der Waals surface area (Å²) in [7, 11) is 0. The fourth-order valence-corrected chi connectivity index (χ4v) is 3.50. The van der Waals surface area contributed by atoms with Crippen molar-refractivity contribution in [3.05, 3.63) is 105 Å². The van der Waals surface area contributed by atoms with Gasteiger partial charge in [-0.1, -0.05) is 60.1 Å². The van der Waals surface area contributed by atoms with Crippen LogP contribution in [0.1, 0.15) is 29.7 Å². The van der Waals surface area contributed by atoms with Gasteiger partial charge in [-0.25, -0.2) is 0 Å². The summed E-state index contributed by atoms with van der Waals surface area (Å²) in [6, 6.07) is 20.9. The largest absolute Gasteiger partial charge is 0.489 e. The van der Waals surface area contributed by atoms with E-state index in [1.807, 2.05) is 60.7 Å². The minimum atomic E-state index is -0.349. The summed E-state index contributed by atoms with van der Waals surface area (Å²) >= 11 is 5.89. The molecule has 0 radical (unpaired) electrons. The van der Waals surface area contributed by atoms with Crippen LogP contribution in [0.4, 0.5) is 0 Å². The maximum Gasteiger partial charge on any atom is 0.267 e. The molecule has 0 aliphatic carbocycles. The van der Waals surface area contributed by atoms with Crippen LogP contribution >= 0.6 is 11.6 Å². The quantitative estimate of drug-likeness (QED) is 0.624. The van der Waals surface area contributed by atoms with Gasteiger partial charge in [-0.05, 0) is 41.8 Å². The fourth-order valence-electron chi connectivity index (χ4n) is 3.39. The van der Waals surface area contributed by atoms with Gasteiger partial charge in [0.2, 0.25) is 5.91 Å². The van der Waals surface area contributed by atoms with Crippen LogP contribution in [0.25, 0.3) is 5.57 Å². The number of hydrogen-bond acceptors (Lipinski definition) is 3. The normalized spacial score (nSPS) is 16.4. The van der Waals surface area contributed by atoms with Crippen molar-refractivity contribution in [2.45, 2.75) is 25.5 Å². The van der Waals surface area contributed by atoms with Gasteiger partial charge in [-0.2, -0.15) is 0 Å². The van der Waals surface area contributed by atoms with Gasteiger partial charge < -0.3 is 15.0 Å². The van der Waals surface area contributed by atoms with E-state index in [1.54, 1.807) is 12.1 Å². The number of pyridine rings is 1. The van der Waals surface area contributed by atoms with Gasteiger partial charge in [-0.3, -0.25) is 9.59 Å². The highest BCUT2D eigenvalue weighted by molar-refractivity contribution is 6.30. The van der Waals surface area contributed by atoms with E-state index in [-0.39, 0.29) is 22.5 Å². The summed E-state index contributed by atoms with van der Waals surface area (Å²) in [6.45, 7) is 0.488. The maximum atomic E-state index is 12.0. The Hall–Kier alpha value is -3.31. The third kappa shape index (κ3) is 4.81. The molecule has 0 saturated carbocycles. The number of carbonyl (C=O) groups excluding carboxylic acids is 1. The van der Waals surface area contributed by atoms with Crippen molar-refractivity contribution in [1.82, 2.24) is 10.3 Å². The lowest BCUT2D eigenvalue weighted by Gasteiger charge is -2.13. The standard InChI is InChI=1S/C24H21ClN2O3/c25-21-11-12-22(27-24(21)29)20(14-18-8-13-23(28)26-18)17-6-9-19(10-7-17)30-15-16-4-2-1-3-5-16/h1-7,9-12,14,18H,8,13,15H2,(H,26,28)(H,27,29)/b20-14-/t18-/m1/s1. The maximum absolute atomic E-state index is 12.0. The van der Waals surface area contributed by atoms with Crippen molar-refractivity contribution in [1.29, 1.82) is 0 Å². The van der Waals surface area contributed by atoms with Crippen molar-refractivity contribution in [3.8, 4) is 5.75 Å². The van der Waals surface area contributed by atoms with Gasteiger partial charge in [-0.15, -0.1) is 0 Å². The molecule has 6 heteroatoms.